The first kappa shape index (κ1) is 16.7. The van der Waals surface area contributed by atoms with Crippen molar-refractivity contribution < 1.29 is 4.79 Å². The molecule has 5 heteroatoms. The zero-order valence-corrected chi connectivity index (χ0v) is 16.3. The van der Waals surface area contributed by atoms with Gasteiger partial charge >= 0.3 is 0 Å². The van der Waals surface area contributed by atoms with E-state index in [1.807, 2.05) is 16.2 Å². The molecular formula is C21H27N3OS. The average molecular weight is 370 g/mol. The van der Waals surface area contributed by atoms with Crippen LogP contribution in [0.3, 0.4) is 0 Å². The van der Waals surface area contributed by atoms with Crippen molar-refractivity contribution >= 4 is 33.1 Å². The van der Waals surface area contributed by atoms with E-state index >= 15 is 0 Å². The topological polar surface area (TPSA) is 36.4 Å². The lowest BCUT2D eigenvalue weighted by Gasteiger charge is -2.47. The second-order valence-corrected chi connectivity index (χ2v) is 9.32. The van der Waals surface area contributed by atoms with E-state index in [1.165, 1.54) is 48.4 Å². The van der Waals surface area contributed by atoms with E-state index in [2.05, 4.69) is 30.0 Å². The molecular weight excluding hydrogens is 342 g/mol. The van der Waals surface area contributed by atoms with Crippen molar-refractivity contribution in [2.24, 2.45) is 0 Å². The van der Waals surface area contributed by atoms with Gasteiger partial charge in [-0.25, -0.2) is 4.98 Å². The molecule has 1 aliphatic carbocycles. The van der Waals surface area contributed by atoms with Crippen LogP contribution in [0.1, 0.15) is 62.8 Å². The average Bonchev–Trinajstić information content (AvgIpc) is 3.20. The fraction of sp³-hybridized carbons (Fsp3) is 0.619. The molecule has 3 heterocycles. The minimum atomic E-state index is 0.256. The van der Waals surface area contributed by atoms with Crippen molar-refractivity contribution in [2.75, 3.05) is 18.0 Å². The van der Waals surface area contributed by atoms with Gasteiger partial charge in [-0.2, -0.15) is 0 Å². The summed E-state index contributed by atoms with van der Waals surface area (Å²) >= 11 is 1.84. The lowest BCUT2D eigenvalue weighted by atomic mass is 9.78. The normalized spacial score (nSPS) is 30.1. The van der Waals surface area contributed by atoms with Crippen molar-refractivity contribution in [1.82, 2.24) is 9.88 Å². The van der Waals surface area contributed by atoms with Gasteiger partial charge in [0.25, 0.3) is 0 Å². The number of thiazole rings is 1. The van der Waals surface area contributed by atoms with E-state index in [-0.39, 0.29) is 5.91 Å². The number of carbonyl (C=O) groups is 1. The summed E-state index contributed by atoms with van der Waals surface area (Å²) in [4.78, 5) is 21.6. The molecule has 2 aromatic rings. The fourth-order valence-electron chi connectivity index (χ4n) is 4.92. The molecule has 5 rings (SSSR count). The maximum Gasteiger partial charge on any atom is 0.227 e. The molecule has 0 bridgehead atoms. The molecule has 1 atom stereocenters. The number of benzene rings is 1. The molecule has 2 aliphatic heterocycles. The number of nitrogens with zero attached hydrogens (tertiary/aromatic N) is 3. The first-order valence-corrected chi connectivity index (χ1v) is 11.0. The minimum absolute atomic E-state index is 0.256. The van der Waals surface area contributed by atoms with E-state index in [1.54, 1.807) is 0 Å². The summed E-state index contributed by atoms with van der Waals surface area (Å²) < 4.78 is 1.23. The monoisotopic (exact) mass is 369 g/mol. The van der Waals surface area contributed by atoms with E-state index < -0.39 is 0 Å². The van der Waals surface area contributed by atoms with Crippen molar-refractivity contribution in [3.63, 3.8) is 0 Å². The predicted octanol–water partition coefficient (Wildman–Crippen LogP) is 4.54. The van der Waals surface area contributed by atoms with E-state index in [4.69, 9.17) is 4.98 Å². The lowest BCUT2D eigenvalue weighted by Crippen LogP contribution is -2.50. The standard InChI is InChI=1S/C21H27N3OS/c1-14-5-2-3-9-23(14)17-11-15(12-17)21-22-18-8-7-16(13-19(18)26-21)24-10-4-6-20(24)25/h7-8,13-15,17H,2-6,9-12H2,1H3. The Hall–Kier alpha value is -1.46. The van der Waals surface area contributed by atoms with Gasteiger partial charge < -0.3 is 4.90 Å². The summed E-state index contributed by atoms with van der Waals surface area (Å²) in [5.41, 5.74) is 2.14. The number of piperidine rings is 1. The second-order valence-electron chi connectivity index (χ2n) is 8.26. The molecule has 1 amide bonds. The van der Waals surface area contributed by atoms with E-state index in [0.717, 1.165) is 36.3 Å². The maximum atomic E-state index is 12.0. The van der Waals surface area contributed by atoms with Gasteiger partial charge in [0.1, 0.15) is 0 Å². The van der Waals surface area contributed by atoms with Gasteiger partial charge in [-0.05, 0) is 63.8 Å². The van der Waals surface area contributed by atoms with Gasteiger partial charge in [-0.3, -0.25) is 9.69 Å². The zero-order chi connectivity index (χ0) is 17.7. The van der Waals surface area contributed by atoms with Crippen LogP contribution >= 0.6 is 11.3 Å². The Morgan fingerprint density at radius 3 is 2.81 bits per heavy atom. The Kier molecular flexibility index (Phi) is 4.24. The van der Waals surface area contributed by atoms with Crippen LogP contribution in [0.5, 0.6) is 0 Å². The van der Waals surface area contributed by atoms with Crippen molar-refractivity contribution in [1.29, 1.82) is 0 Å². The second kappa shape index (κ2) is 6.61. The third-order valence-corrected chi connectivity index (χ3v) is 7.74. The Labute approximate surface area is 159 Å². The van der Waals surface area contributed by atoms with Gasteiger partial charge in [0, 0.05) is 36.7 Å². The summed E-state index contributed by atoms with van der Waals surface area (Å²) in [5.74, 6) is 0.884. The maximum absolute atomic E-state index is 12.0. The van der Waals surface area contributed by atoms with Gasteiger partial charge in [0.05, 0.1) is 15.2 Å². The van der Waals surface area contributed by atoms with Gasteiger partial charge in [0.2, 0.25) is 5.91 Å². The molecule has 0 radical (unpaired) electrons. The molecule has 0 spiro atoms. The largest absolute Gasteiger partial charge is 0.312 e. The third kappa shape index (κ3) is 2.85. The number of rotatable bonds is 3. The first-order chi connectivity index (χ1) is 12.7. The van der Waals surface area contributed by atoms with Crippen LogP contribution in [0.4, 0.5) is 5.69 Å². The van der Waals surface area contributed by atoms with E-state index in [9.17, 15) is 4.79 Å². The Balaban J connectivity index is 1.30. The van der Waals surface area contributed by atoms with Gasteiger partial charge in [-0.1, -0.05) is 6.42 Å². The number of hydrogen-bond donors (Lipinski definition) is 0. The molecule has 1 aromatic carbocycles. The van der Waals surface area contributed by atoms with Crippen LogP contribution in [0.25, 0.3) is 10.2 Å². The SMILES string of the molecule is CC1CCCCN1C1CC(c2nc3ccc(N4CCCC4=O)cc3s2)C1. The highest BCUT2D eigenvalue weighted by Gasteiger charge is 2.38. The highest BCUT2D eigenvalue weighted by Crippen LogP contribution is 2.44. The Bertz CT molecular complexity index is 826. The fourth-order valence-corrected chi connectivity index (χ4v) is 6.04. The lowest BCUT2D eigenvalue weighted by molar-refractivity contribution is -0.117. The summed E-state index contributed by atoms with van der Waals surface area (Å²) in [7, 11) is 0. The predicted molar refractivity (Wildman–Crippen MR) is 107 cm³/mol. The molecule has 3 aliphatic rings. The molecule has 1 aromatic heterocycles. The number of anilines is 1. The Morgan fingerprint density at radius 2 is 2.04 bits per heavy atom. The molecule has 3 fully saturated rings. The van der Waals surface area contributed by atoms with Crippen LogP contribution in [0, 0.1) is 0 Å². The third-order valence-electron chi connectivity index (χ3n) is 6.56. The van der Waals surface area contributed by atoms with Crippen LogP contribution in [0.2, 0.25) is 0 Å². The van der Waals surface area contributed by atoms with Crippen LogP contribution in [0.15, 0.2) is 18.2 Å². The van der Waals surface area contributed by atoms with Crippen LogP contribution in [-0.4, -0.2) is 41.0 Å². The highest BCUT2D eigenvalue weighted by molar-refractivity contribution is 7.18. The van der Waals surface area contributed by atoms with Gasteiger partial charge in [0.15, 0.2) is 0 Å². The number of fused-ring (bicyclic) bond motifs is 1. The Morgan fingerprint density at radius 1 is 1.15 bits per heavy atom. The number of hydrogen-bond acceptors (Lipinski definition) is 4. The first-order valence-electron chi connectivity index (χ1n) is 10.2. The quantitative estimate of drug-likeness (QED) is 0.797. The molecule has 4 nitrogen and oxygen atoms in total. The zero-order valence-electron chi connectivity index (χ0n) is 15.5. The van der Waals surface area contributed by atoms with E-state index in [0.29, 0.717) is 12.3 Å². The summed E-state index contributed by atoms with van der Waals surface area (Å²) in [6, 6.07) is 7.85. The molecule has 2 saturated heterocycles. The smallest absolute Gasteiger partial charge is 0.227 e. The molecule has 26 heavy (non-hydrogen) atoms. The minimum Gasteiger partial charge on any atom is -0.312 e. The number of likely N-dealkylation sites (tertiary alicyclic amines) is 1. The van der Waals surface area contributed by atoms with Crippen molar-refractivity contribution in [3.05, 3.63) is 23.2 Å². The molecule has 138 valence electrons. The number of aromatic nitrogens is 1. The van der Waals surface area contributed by atoms with Crippen molar-refractivity contribution in [2.45, 2.75) is 69.9 Å². The number of carbonyl (C=O) groups excluding carboxylic acids is 1. The van der Waals surface area contributed by atoms with Crippen LogP contribution < -0.4 is 4.90 Å². The van der Waals surface area contributed by atoms with Crippen molar-refractivity contribution in [3.8, 4) is 0 Å². The summed E-state index contributed by atoms with van der Waals surface area (Å²) in [6.45, 7) is 4.53. The molecule has 0 N–H and O–H groups in total. The molecule has 1 saturated carbocycles. The van der Waals surface area contributed by atoms with Gasteiger partial charge in [-0.15, -0.1) is 11.3 Å². The van der Waals surface area contributed by atoms with Crippen LogP contribution in [-0.2, 0) is 4.79 Å². The number of amides is 1. The summed E-state index contributed by atoms with van der Waals surface area (Å²) in [5, 5.41) is 1.30. The highest BCUT2D eigenvalue weighted by atomic mass is 32.1. The molecule has 1 unspecified atom stereocenters. The summed E-state index contributed by atoms with van der Waals surface area (Å²) in [6.07, 6.45) is 8.31.